The van der Waals surface area contributed by atoms with Crippen LogP contribution in [0.2, 0.25) is 0 Å². The number of hydrogen-bond acceptors (Lipinski definition) is 6. The predicted octanol–water partition coefficient (Wildman–Crippen LogP) is 3.10. The third-order valence-electron chi connectivity index (χ3n) is 4.14. The molecule has 0 aliphatic rings. The van der Waals surface area contributed by atoms with Crippen molar-refractivity contribution in [2.75, 3.05) is 24.7 Å². The first-order valence-electron chi connectivity index (χ1n) is 9.42. The predicted molar refractivity (Wildman–Crippen MR) is 112 cm³/mol. The van der Waals surface area contributed by atoms with Gasteiger partial charge in [0.2, 0.25) is 0 Å². The Balaban J connectivity index is 1.79. The monoisotopic (exact) mass is 421 g/mol. The number of nitrogens with one attached hydrogen (secondary N) is 1. The van der Waals surface area contributed by atoms with Crippen LogP contribution in [0.1, 0.15) is 24.5 Å². The molecule has 0 fully saturated rings. The minimum absolute atomic E-state index is 0.320. The van der Waals surface area contributed by atoms with Gasteiger partial charge in [-0.05, 0) is 55.2 Å². The van der Waals surface area contributed by atoms with E-state index in [1.807, 2.05) is 30.3 Å². The highest BCUT2D eigenvalue weighted by atomic mass is 32.2. The summed E-state index contributed by atoms with van der Waals surface area (Å²) in [5.41, 5.74) is 2.85. The van der Waals surface area contributed by atoms with Crippen LogP contribution in [0.3, 0.4) is 0 Å². The van der Waals surface area contributed by atoms with Crippen LogP contribution in [0, 0.1) is 0 Å². The molecule has 0 aliphatic carbocycles. The molecule has 0 saturated heterocycles. The summed E-state index contributed by atoms with van der Waals surface area (Å²) in [4.78, 5) is 11.2. The number of ether oxygens (including phenoxy) is 1. The molecule has 2 aromatic carbocycles. The van der Waals surface area contributed by atoms with Gasteiger partial charge in [0.1, 0.15) is 5.75 Å². The second-order valence-electron chi connectivity index (χ2n) is 6.65. The number of carbonyl (C=O) groups is 1. The lowest BCUT2D eigenvalue weighted by atomic mass is 10.1. The molecule has 29 heavy (non-hydrogen) atoms. The molecule has 158 valence electrons. The van der Waals surface area contributed by atoms with Gasteiger partial charge in [0.15, 0.2) is 6.10 Å². The van der Waals surface area contributed by atoms with Crippen LogP contribution < -0.4 is 9.50 Å². The zero-order chi connectivity index (χ0) is 21.3. The number of rotatable bonds is 12. The SMILES string of the molecule is CCOC(Cc1ccc(NCCCc2cccc(OS(C)(=O)=O)c2)cc1)C(=O)O. The third kappa shape index (κ3) is 8.53. The molecule has 0 spiro atoms. The number of aliphatic carboxylic acids is 1. The standard InChI is InChI=1S/C21H27NO6S/c1-3-27-20(21(23)24)15-17-9-11-18(12-10-17)22-13-5-7-16-6-4-8-19(14-16)28-29(2,25)26/h4,6,8-12,14,20,22H,3,5,7,13,15H2,1-2H3,(H,23,24). The fourth-order valence-electron chi connectivity index (χ4n) is 2.84. The first kappa shape index (κ1) is 22.7. The van der Waals surface area contributed by atoms with Gasteiger partial charge >= 0.3 is 16.1 Å². The molecule has 7 nitrogen and oxygen atoms in total. The minimum Gasteiger partial charge on any atom is -0.479 e. The maximum Gasteiger partial charge on any atom is 0.333 e. The molecule has 0 aromatic heterocycles. The van der Waals surface area contributed by atoms with Crippen molar-refractivity contribution < 1.29 is 27.2 Å². The molecule has 0 saturated carbocycles. The Hall–Kier alpha value is -2.58. The first-order valence-corrected chi connectivity index (χ1v) is 11.2. The topological polar surface area (TPSA) is 102 Å². The largest absolute Gasteiger partial charge is 0.479 e. The average molecular weight is 422 g/mol. The average Bonchev–Trinajstić information content (AvgIpc) is 2.65. The number of anilines is 1. The highest BCUT2D eigenvalue weighted by molar-refractivity contribution is 7.86. The number of carboxylic acid groups (broad SMARTS) is 1. The van der Waals surface area contributed by atoms with Crippen molar-refractivity contribution in [1.82, 2.24) is 0 Å². The van der Waals surface area contributed by atoms with Gasteiger partial charge in [-0.25, -0.2) is 4.79 Å². The van der Waals surface area contributed by atoms with E-state index in [0.717, 1.165) is 42.5 Å². The van der Waals surface area contributed by atoms with Gasteiger partial charge in [0.25, 0.3) is 0 Å². The highest BCUT2D eigenvalue weighted by Gasteiger charge is 2.17. The zero-order valence-corrected chi connectivity index (χ0v) is 17.4. The molecule has 0 aliphatic heterocycles. The molecule has 0 heterocycles. The van der Waals surface area contributed by atoms with Crippen molar-refractivity contribution in [2.24, 2.45) is 0 Å². The highest BCUT2D eigenvalue weighted by Crippen LogP contribution is 2.17. The molecule has 2 rings (SSSR count). The maximum absolute atomic E-state index is 11.2. The smallest absolute Gasteiger partial charge is 0.333 e. The van der Waals surface area contributed by atoms with Gasteiger partial charge in [-0.2, -0.15) is 8.42 Å². The van der Waals surface area contributed by atoms with E-state index < -0.39 is 22.2 Å². The summed E-state index contributed by atoms with van der Waals surface area (Å²) in [6.45, 7) is 2.88. The van der Waals surface area contributed by atoms with Crippen LogP contribution in [0.5, 0.6) is 5.75 Å². The maximum atomic E-state index is 11.2. The normalized spacial score (nSPS) is 12.3. The molecule has 0 bridgehead atoms. The van der Waals surface area contributed by atoms with Gasteiger partial charge in [-0.15, -0.1) is 0 Å². The summed E-state index contributed by atoms with van der Waals surface area (Å²) in [7, 11) is -3.53. The summed E-state index contributed by atoms with van der Waals surface area (Å²) in [5, 5.41) is 12.5. The van der Waals surface area contributed by atoms with Crippen LogP contribution in [0.4, 0.5) is 5.69 Å². The van der Waals surface area contributed by atoms with Gasteiger partial charge in [-0.3, -0.25) is 0 Å². The molecule has 8 heteroatoms. The van der Waals surface area contributed by atoms with Crippen molar-refractivity contribution in [3.8, 4) is 5.75 Å². The summed E-state index contributed by atoms with van der Waals surface area (Å²) in [5.74, 6) is -0.639. The van der Waals surface area contributed by atoms with Crippen molar-refractivity contribution in [2.45, 2.75) is 32.3 Å². The second-order valence-corrected chi connectivity index (χ2v) is 8.22. The van der Waals surface area contributed by atoms with Crippen LogP contribution >= 0.6 is 0 Å². The van der Waals surface area contributed by atoms with E-state index in [2.05, 4.69) is 5.32 Å². The summed E-state index contributed by atoms with van der Waals surface area (Å²) < 4.78 is 32.6. The molecule has 1 atom stereocenters. The van der Waals surface area contributed by atoms with E-state index in [0.29, 0.717) is 18.8 Å². The quantitative estimate of drug-likeness (QED) is 0.401. The Kier molecular flexibility index (Phi) is 8.48. The van der Waals surface area contributed by atoms with E-state index in [-0.39, 0.29) is 0 Å². The van der Waals surface area contributed by atoms with Gasteiger partial charge < -0.3 is 19.3 Å². The second kappa shape index (κ2) is 10.8. The molecule has 2 N–H and O–H groups in total. The van der Waals surface area contributed by atoms with E-state index in [1.165, 1.54) is 0 Å². The number of hydrogen-bond donors (Lipinski definition) is 2. The van der Waals surface area contributed by atoms with Crippen LogP contribution in [0.25, 0.3) is 0 Å². The third-order valence-corrected chi connectivity index (χ3v) is 4.63. The Morgan fingerprint density at radius 1 is 1.14 bits per heavy atom. The Bertz CT molecular complexity index is 896. The summed E-state index contributed by atoms with van der Waals surface area (Å²) in [6, 6.07) is 14.7. The van der Waals surface area contributed by atoms with Crippen LogP contribution in [-0.4, -0.2) is 45.0 Å². The Morgan fingerprint density at radius 2 is 1.86 bits per heavy atom. The van der Waals surface area contributed by atoms with Crippen molar-refractivity contribution in [3.63, 3.8) is 0 Å². The van der Waals surface area contributed by atoms with Crippen LogP contribution in [0.15, 0.2) is 48.5 Å². The Labute approximate surface area is 171 Å². The lowest BCUT2D eigenvalue weighted by molar-refractivity contribution is -0.149. The molecular formula is C21H27NO6S. The van der Waals surface area contributed by atoms with Gasteiger partial charge in [0, 0.05) is 25.3 Å². The molecule has 0 amide bonds. The van der Waals surface area contributed by atoms with Crippen molar-refractivity contribution in [3.05, 3.63) is 59.7 Å². The number of benzene rings is 2. The zero-order valence-electron chi connectivity index (χ0n) is 16.6. The number of aryl methyl sites for hydroxylation is 1. The molecule has 1 unspecified atom stereocenters. The molecule has 2 aromatic rings. The van der Waals surface area contributed by atoms with E-state index in [1.54, 1.807) is 25.1 Å². The molecular weight excluding hydrogens is 394 g/mol. The number of carboxylic acids is 1. The van der Waals surface area contributed by atoms with E-state index in [9.17, 15) is 13.2 Å². The fourth-order valence-corrected chi connectivity index (χ4v) is 3.30. The fraction of sp³-hybridized carbons (Fsp3) is 0.381. The van der Waals surface area contributed by atoms with E-state index in [4.69, 9.17) is 14.0 Å². The van der Waals surface area contributed by atoms with Gasteiger partial charge in [-0.1, -0.05) is 24.3 Å². The Morgan fingerprint density at radius 3 is 2.48 bits per heavy atom. The minimum atomic E-state index is -3.53. The van der Waals surface area contributed by atoms with E-state index >= 15 is 0 Å². The summed E-state index contributed by atoms with van der Waals surface area (Å²) in [6.07, 6.45) is 2.15. The molecule has 0 radical (unpaired) electrons. The van der Waals surface area contributed by atoms with Crippen molar-refractivity contribution in [1.29, 1.82) is 0 Å². The lowest BCUT2D eigenvalue weighted by Crippen LogP contribution is -2.26. The van der Waals surface area contributed by atoms with Gasteiger partial charge in [0.05, 0.1) is 6.26 Å². The van der Waals surface area contributed by atoms with Crippen molar-refractivity contribution >= 4 is 21.8 Å². The lowest BCUT2D eigenvalue weighted by Gasteiger charge is -2.13. The summed E-state index contributed by atoms with van der Waals surface area (Å²) >= 11 is 0. The van der Waals surface area contributed by atoms with Crippen LogP contribution in [-0.2, 0) is 32.5 Å². The first-order chi connectivity index (χ1) is 13.8.